The smallest absolute Gasteiger partial charge is 0.322 e. The number of thioether (sulfide) groups is 1. The van der Waals surface area contributed by atoms with Crippen molar-refractivity contribution in [3.63, 3.8) is 0 Å². The molecule has 2 aromatic carbocycles. The molecule has 2 rings (SSSR count). The van der Waals surface area contributed by atoms with Gasteiger partial charge in [-0.1, -0.05) is 12.1 Å². The highest BCUT2D eigenvalue weighted by atomic mass is 32.2. The maximum atomic E-state index is 12.2. The molecule has 0 heterocycles. The molecule has 7 heteroatoms. The van der Waals surface area contributed by atoms with Crippen LogP contribution in [0.1, 0.15) is 27.6 Å². The van der Waals surface area contributed by atoms with E-state index in [-0.39, 0.29) is 28.0 Å². The number of amides is 1. The van der Waals surface area contributed by atoms with E-state index in [9.17, 15) is 22.8 Å². The Bertz CT molecular complexity index is 727. The van der Waals surface area contributed by atoms with Gasteiger partial charge in [0.15, 0.2) is 5.78 Å². The van der Waals surface area contributed by atoms with Crippen LogP contribution in [0.25, 0.3) is 0 Å². The van der Waals surface area contributed by atoms with Gasteiger partial charge < -0.3 is 5.32 Å². The van der Waals surface area contributed by atoms with Crippen LogP contribution < -0.4 is 5.32 Å². The number of benzene rings is 2. The molecule has 0 atom stereocenters. The van der Waals surface area contributed by atoms with Gasteiger partial charge in [-0.15, -0.1) is 0 Å². The topological polar surface area (TPSA) is 46.2 Å². The summed E-state index contributed by atoms with van der Waals surface area (Å²) in [4.78, 5) is 23.4. The molecular weight excluding hydrogens is 327 g/mol. The Morgan fingerprint density at radius 3 is 2.22 bits per heavy atom. The van der Waals surface area contributed by atoms with Crippen LogP contribution in [0.4, 0.5) is 18.9 Å². The molecule has 0 fully saturated rings. The second-order valence-electron chi connectivity index (χ2n) is 4.66. The molecule has 0 saturated carbocycles. The number of rotatable bonds is 4. The fourth-order valence-corrected chi connectivity index (χ4v) is 2.37. The molecule has 23 heavy (non-hydrogen) atoms. The fourth-order valence-electron chi connectivity index (χ4n) is 1.83. The van der Waals surface area contributed by atoms with Crippen molar-refractivity contribution in [2.75, 3.05) is 5.32 Å². The van der Waals surface area contributed by atoms with Crippen molar-refractivity contribution in [3.05, 3.63) is 59.7 Å². The van der Waals surface area contributed by atoms with Crippen molar-refractivity contribution >= 4 is 29.1 Å². The van der Waals surface area contributed by atoms with Gasteiger partial charge in [-0.05, 0) is 55.1 Å². The van der Waals surface area contributed by atoms with E-state index in [2.05, 4.69) is 5.32 Å². The van der Waals surface area contributed by atoms with E-state index in [1.807, 2.05) is 0 Å². The lowest BCUT2D eigenvalue weighted by Gasteiger charge is -2.08. The minimum absolute atomic E-state index is 0.00706. The highest BCUT2D eigenvalue weighted by Crippen LogP contribution is 2.36. The molecule has 0 aliphatic heterocycles. The maximum Gasteiger partial charge on any atom is 0.446 e. The van der Waals surface area contributed by atoms with Crippen LogP contribution >= 0.6 is 11.8 Å². The first-order valence-electron chi connectivity index (χ1n) is 6.53. The minimum Gasteiger partial charge on any atom is -0.322 e. The maximum absolute atomic E-state index is 12.2. The van der Waals surface area contributed by atoms with Crippen molar-refractivity contribution in [3.8, 4) is 0 Å². The first kappa shape index (κ1) is 17.1. The number of ketones is 1. The Labute approximate surface area is 134 Å². The second-order valence-corrected chi connectivity index (χ2v) is 5.80. The van der Waals surface area contributed by atoms with E-state index in [1.165, 1.54) is 37.3 Å². The molecule has 0 saturated heterocycles. The Hall–Kier alpha value is -2.28. The van der Waals surface area contributed by atoms with Crippen LogP contribution in [0.5, 0.6) is 0 Å². The normalized spacial score (nSPS) is 11.1. The van der Waals surface area contributed by atoms with Crippen molar-refractivity contribution in [1.29, 1.82) is 0 Å². The van der Waals surface area contributed by atoms with Gasteiger partial charge in [-0.3, -0.25) is 9.59 Å². The monoisotopic (exact) mass is 339 g/mol. The molecule has 0 bridgehead atoms. The molecule has 1 amide bonds. The van der Waals surface area contributed by atoms with E-state index in [4.69, 9.17) is 0 Å². The molecule has 0 aliphatic carbocycles. The van der Waals surface area contributed by atoms with Gasteiger partial charge in [0, 0.05) is 21.7 Å². The summed E-state index contributed by atoms with van der Waals surface area (Å²) in [7, 11) is 0. The number of hydrogen-bond acceptors (Lipinski definition) is 3. The Morgan fingerprint density at radius 1 is 1.00 bits per heavy atom. The van der Waals surface area contributed by atoms with Gasteiger partial charge in [0.1, 0.15) is 0 Å². The minimum atomic E-state index is -4.36. The lowest BCUT2D eigenvalue weighted by Crippen LogP contribution is -2.12. The third-order valence-electron chi connectivity index (χ3n) is 2.88. The van der Waals surface area contributed by atoms with Crippen LogP contribution in [-0.4, -0.2) is 17.2 Å². The molecule has 2 aromatic rings. The molecule has 1 N–H and O–H groups in total. The molecule has 120 valence electrons. The zero-order valence-corrected chi connectivity index (χ0v) is 12.8. The van der Waals surface area contributed by atoms with Gasteiger partial charge in [-0.25, -0.2) is 0 Å². The van der Waals surface area contributed by atoms with Crippen LogP contribution in [0.2, 0.25) is 0 Å². The molecule has 3 nitrogen and oxygen atoms in total. The summed E-state index contributed by atoms with van der Waals surface area (Å²) >= 11 is -0.239. The highest BCUT2D eigenvalue weighted by Gasteiger charge is 2.29. The number of carbonyl (C=O) groups is 2. The Kier molecular flexibility index (Phi) is 5.10. The predicted octanol–water partition coefficient (Wildman–Crippen LogP) is 4.75. The third kappa shape index (κ3) is 5.14. The lowest BCUT2D eigenvalue weighted by atomic mass is 10.1. The van der Waals surface area contributed by atoms with Crippen molar-refractivity contribution in [1.82, 2.24) is 0 Å². The average molecular weight is 339 g/mol. The number of carbonyl (C=O) groups excluding carboxylic acids is 2. The predicted molar refractivity (Wildman–Crippen MR) is 82.8 cm³/mol. The van der Waals surface area contributed by atoms with Crippen LogP contribution in [-0.2, 0) is 0 Å². The Balaban J connectivity index is 2.09. The summed E-state index contributed by atoms with van der Waals surface area (Å²) in [5.74, 6) is -0.594. The highest BCUT2D eigenvalue weighted by molar-refractivity contribution is 8.00. The summed E-state index contributed by atoms with van der Waals surface area (Å²) in [6, 6.07) is 11.5. The first-order valence-corrected chi connectivity index (χ1v) is 7.34. The zero-order chi connectivity index (χ0) is 17.0. The molecule has 0 radical (unpaired) electrons. The summed E-state index contributed by atoms with van der Waals surface area (Å²) in [5.41, 5.74) is -3.24. The van der Waals surface area contributed by atoms with E-state index >= 15 is 0 Å². The SMILES string of the molecule is CC(=O)c1cccc(NC(=O)c2ccc(SC(F)(F)F)cc2)c1. The quantitative estimate of drug-likeness (QED) is 0.646. The number of anilines is 1. The number of Topliss-reactive ketones (excluding diaryl/α,β-unsaturated/α-hetero) is 1. The largest absolute Gasteiger partial charge is 0.446 e. The van der Waals surface area contributed by atoms with E-state index in [1.54, 1.807) is 18.2 Å². The summed E-state index contributed by atoms with van der Waals surface area (Å²) in [6.07, 6.45) is 0. The molecule has 0 spiro atoms. The van der Waals surface area contributed by atoms with Gasteiger partial charge >= 0.3 is 5.51 Å². The lowest BCUT2D eigenvalue weighted by molar-refractivity contribution is -0.0328. The summed E-state index contributed by atoms with van der Waals surface area (Å²) < 4.78 is 36.7. The fraction of sp³-hybridized carbons (Fsp3) is 0.125. The summed E-state index contributed by atoms with van der Waals surface area (Å²) in [5, 5.41) is 2.60. The third-order valence-corrected chi connectivity index (χ3v) is 3.62. The van der Waals surface area contributed by atoms with Crippen LogP contribution in [0.15, 0.2) is 53.4 Å². The van der Waals surface area contributed by atoms with Gasteiger partial charge in [0.05, 0.1) is 0 Å². The van der Waals surface area contributed by atoms with E-state index < -0.39 is 11.4 Å². The first-order chi connectivity index (χ1) is 10.7. The standard InChI is InChI=1S/C16H12F3NO2S/c1-10(21)12-3-2-4-13(9-12)20-15(22)11-5-7-14(8-6-11)23-16(17,18)19/h2-9H,1H3,(H,20,22). The molecular formula is C16H12F3NO2S. The average Bonchev–Trinajstić information content (AvgIpc) is 2.46. The van der Waals surface area contributed by atoms with Crippen molar-refractivity contribution in [2.45, 2.75) is 17.3 Å². The molecule has 0 unspecified atom stereocenters. The van der Waals surface area contributed by atoms with Gasteiger partial charge in [-0.2, -0.15) is 13.2 Å². The number of alkyl halides is 3. The number of nitrogens with one attached hydrogen (secondary N) is 1. The van der Waals surface area contributed by atoms with Crippen molar-refractivity contribution < 1.29 is 22.8 Å². The van der Waals surface area contributed by atoms with Crippen LogP contribution in [0.3, 0.4) is 0 Å². The number of hydrogen-bond donors (Lipinski definition) is 1. The van der Waals surface area contributed by atoms with Crippen molar-refractivity contribution in [2.24, 2.45) is 0 Å². The summed E-state index contributed by atoms with van der Waals surface area (Å²) in [6.45, 7) is 1.41. The second kappa shape index (κ2) is 6.87. The molecule has 0 aliphatic rings. The Morgan fingerprint density at radius 2 is 1.65 bits per heavy atom. The van der Waals surface area contributed by atoms with Gasteiger partial charge in [0.2, 0.25) is 0 Å². The van der Waals surface area contributed by atoms with E-state index in [0.717, 1.165) is 0 Å². The van der Waals surface area contributed by atoms with Gasteiger partial charge in [0.25, 0.3) is 5.91 Å². The number of halogens is 3. The van der Waals surface area contributed by atoms with Crippen LogP contribution in [0, 0.1) is 0 Å². The zero-order valence-electron chi connectivity index (χ0n) is 12.0. The van der Waals surface area contributed by atoms with E-state index in [0.29, 0.717) is 11.3 Å². The molecule has 0 aromatic heterocycles.